The summed E-state index contributed by atoms with van der Waals surface area (Å²) in [5.74, 6) is 3.10. The van der Waals surface area contributed by atoms with E-state index < -0.39 is 11.9 Å². The molecular formula is C8H11NO3. The smallest absolute Gasteiger partial charge is 0.384 e. The van der Waals surface area contributed by atoms with E-state index in [0.29, 0.717) is 0 Å². The first kappa shape index (κ1) is 10.5. The topological polar surface area (TPSA) is 46.6 Å². The predicted octanol–water partition coefficient (Wildman–Crippen LogP) is -0.359. The number of ether oxygens (including phenoxy) is 1. The minimum absolute atomic E-state index is 0.268. The van der Waals surface area contributed by atoms with E-state index >= 15 is 0 Å². The second kappa shape index (κ2) is 5.19. The largest absolute Gasteiger partial charge is 0.456 e. The molecule has 0 aliphatic heterocycles. The molecular weight excluding hydrogens is 158 g/mol. The second-order valence-corrected chi connectivity index (χ2v) is 2.17. The summed E-state index contributed by atoms with van der Waals surface area (Å²) in [5.41, 5.74) is 0. The van der Waals surface area contributed by atoms with Crippen molar-refractivity contribution < 1.29 is 14.3 Å². The molecule has 0 aromatic rings. The number of carbonyl (C=O) groups excluding carboxylic acids is 2. The van der Waals surface area contributed by atoms with Gasteiger partial charge in [-0.3, -0.25) is 4.79 Å². The van der Waals surface area contributed by atoms with Crippen molar-refractivity contribution in [2.75, 3.05) is 20.7 Å². The molecule has 0 fully saturated rings. The molecule has 1 amide bonds. The van der Waals surface area contributed by atoms with Crippen LogP contribution in [0.2, 0.25) is 0 Å². The first-order valence-electron chi connectivity index (χ1n) is 3.48. The van der Waals surface area contributed by atoms with Gasteiger partial charge >= 0.3 is 5.97 Å². The van der Waals surface area contributed by atoms with Gasteiger partial charge in [-0.05, 0) is 6.92 Å². The number of hydrogen-bond acceptors (Lipinski definition) is 3. The lowest BCUT2D eigenvalue weighted by Gasteiger charge is -2.02. The second-order valence-electron chi connectivity index (χ2n) is 2.17. The highest BCUT2D eigenvalue weighted by Gasteiger charge is 1.98. The minimum atomic E-state index is -0.673. The zero-order valence-corrected chi connectivity index (χ0v) is 7.38. The third kappa shape index (κ3) is 4.34. The Kier molecular flexibility index (Phi) is 4.54. The van der Waals surface area contributed by atoms with Gasteiger partial charge in [0.1, 0.15) is 0 Å². The molecule has 0 atom stereocenters. The van der Waals surface area contributed by atoms with Gasteiger partial charge in [-0.15, -0.1) is 0 Å². The van der Waals surface area contributed by atoms with E-state index in [1.807, 2.05) is 0 Å². The first-order chi connectivity index (χ1) is 5.57. The summed E-state index contributed by atoms with van der Waals surface area (Å²) in [5, 5.41) is 0. The number of hydrogen-bond donors (Lipinski definition) is 0. The maximum atomic E-state index is 10.8. The van der Waals surface area contributed by atoms with Crippen molar-refractivity contribution in [2.24, 2.45) is 0 Å². The fourth-order valence-corrected chi connectivity index (χ4v) is 0.383. The molecule has 0 saturated heterocycles. The van der Waals surface area contributed by atoms with Crippen LogP contribution in [0.15, 0.2) is 0 Å². The van der Waals surface area contributed by atoms with Gasteiger partial charge in [0.05, 0.1) is 6.61 Å². The fraction of sp³-hybridized carbons (Fsp3) is 0.500. The third-order valence-electron chi connectivity index (χ3n) is 0.953. The van der Waals surface area contributed by atoms with Gasteiger partial charge in [-0.25, -0.2) is 4.79 Å². The van der Waals surface area contributed by atoms with Crippen LogP contribution in [0.1, 0.15) is 6.92 Å². The van der Waals surface area contributed by atoms with Crippen molar-refractivity contribution in [1.82, 2.24) is 4.90 Å². The number of esters is 1. The lowest BCUT2D eigenvalue weighted by Crippen LogP contribution is -2.19. The van der Waals surface area contributed by atoms with E-state index in [1.165, 1.54) is 4.90 Å². The van der Waals surface area contributed by atoms with Crippen molar-refractivity contribution in [3.05, 3.63) is 0 Å². The molecule has 0 aliphatic carbocycles. The van der Waals surface area contributed by atoms with Gasteiger partial charge in [0.25, 0.3) is 5.91 Å². The number of rotatable bonds is 1. The third-order valence-corrected chi connectivity index (χ3v) is 0.953. The van der Waals surface area contributed by atoms with Crippen LogP contribution in [0.4, 0.5) is 0 Å². The Bertz CT molecular complexity index is 234. The zero-order valence-electron chi connectivity index (χ0n) is 7.38. The van der Waals surface area contributed by atoms with E-state index in [-0.39, 0.29) is 6.61 Å². The Labute approximate surface area is 71.5 Å². The molecule has 4 nitrogen and oxygen atoms in total. The summed E-state index contributed by atoms with van der Waals surface area (Å²) in [6.07, 6.45) is 0. The lowest BCUT2D eigenvalue weighted by atomic mass is 10.5. The molecule has 0 unspecified atom stereocenters. The molecule has 0 aromatic carbocycles. The molecule has 12 heavy (non-hydrogen) atoms. The van der Waals surface area contributed by atoms with E-state index in [0.717, 1.165) is 0 Å². The SMILES string of the molecule is CCOC(=O)C#CC(=O)N(C)C. The average Bonchev–Trinajstić information content (AvgIpc) is 2.00. The maximum Gasteiger partial charge on any atom is 0.384 e. The average molecular weight is 169 g/mol. The summed E-state index contributed by atoms with van der Waals surface area (Å²) in [6.45, 7) is 1.94. The monoisotopic (exact) mass is 169 g/mol. The van der Waals surface area contributed by atoms with Crippen LogP contribution in [0.5, 0.6) is 0 Å². The highest BCUT2D eigenvalue weighted by atomic mass is 16.5. The van der Waals surface area contributed by atoms with Gasteiger partial charge in [0.15, 0.2) is 0 Å². The van der Waals surface area contributed by atoms with Crippen LogP contribution >= 0.6 is 0 Å². The Morgan fingerprint density at radius 2 is 1.92 bits per heavy atom. The van der Waals surface area contributed by atoms with Crippen LogP contribution in [0.25, 0.3) is 0 Å². The van der Waals surface area contributed by atoms with Crippen molar-refractivity contribution in [1.29, 1.82) is 0 Å². The standard InChI is InChI=1S/C8H11NO3/c1-4-12-8(11)6-5-7(10)9(2)3/h4H2,1-3H3. The first-order valence-corrected chi connectivity index (χ1v) is 3.48. The zero-order chi connectivity index (χ0) is 9.56. The van der Waals surface area contributed by atoms with Crippen molar-refractivity contribution in [3.63, 3.8) is 0 Å². The fourth-order valence-electron chi connectivity index (χ4n) is 0.383. The molecule has 0 saturated carbocycles. The quantitative estimate of drug-likeness (QED) is 0.306. The lowest BCUT2D eigenvalue weighted by molar-refractivity contribution is -0.136. The summed E-state index contributed by atoms with van der Waals surface area (Å²) in [6, 6.07) is 0. The van der Waals surface area contributed by atoms with Crippen molar-refractivity contribution in [3.8, 4) is 11.8 Å². The number of carbonyl (C=O) groups is 2. The Hall–Kier alpha value is -1.50. The van der Waals surface area contributed by atoms with E-state index in [2.05, 4.69) is 16.6 Å². The Morgan fingerprint density at radius 1 is 1.33 bits per heavy atom. The molecule has 0 aliphatic rings. The summed E-state index contributed by atoms with van der Waals surface area (Å²) < 4.78 is 4.49. The van der Waals surface area contributed by atoms with Crippen LogP contribution in [-0.2, 0) is 14.3 Å². The highest BCUT2D eigenvalue weighted by Crippen LogP contribution is 1.77. The van der Waals surface area contributed by atoms with Crippen LogP contribution in [0, 0.1) is 11.8 Å². The van der Waals surface area contributed by atoms with Crippen LogP contribution in [-0.4, -0.2) is 37.5 Å². The van der Waals surface area contributed by atoms with E-state index in [9.17, 15) is 9.59 Å². The number of nitrogens with zero attached hydrogens (tertiary/aromatic N) is 1. The van der Waals surface area contributed by atoms with Crippen molar-refractivity contribution >= 4 is 11.9 Å². The van der Waals surface area contributed by atoms with Gasteiger partial charge < -0.3 is 9.64 Å². The molecule has 0 heterocycles. The minimum Gasteiger partial charge on any atom is -0.456 e. The molecule has 0 radical (unpaired) electrons. The molecule has 0 rings (SSSR count). The summed E-state index contributed by atoms with van der Waals surface area (Å²) in [4.78, 5) is 22.7. The molecule has 0 aromatic heterocycles. The molecule has 0 N–H and O–H groups in total. The van der Waals surface area contributed by atoms with Crippen LogP contribution in [0.3, 0.4) is 0 Å². The van der Waals surface area contributed by atoms with Gasteiger partial charge in [-0.2, -0.15) is 0 Å². The predicted molar refractivity (Wildman–Crippen MR) is 43.1 cm³/mol. The Balaban J connectivity index is 4.03. The molecule has 0 bridgehead atoms. The summed E-state index contributed by atoms with van der Waals surface area (Å²) >= 11 is 0. The van der Waals surface area contributed by atoms with E-state index in [1.54, 1.807) is 21.0 Å². The van der Waals surface area contributed by atoms with E-state index in [4.69, 9.17) is 0 Å². The molecule has 0 spiro atoms. The van der Waals surface area contributed by atoms with Crippen LogP contribution < -0.4 is 0 Å². The van der Waals surface area contributed by atoms with Gasteiger partial charge in [0, 0.05) is 25.9 Å². The highest BCUT2D eigenvalue weighted by molar-refractivity contribution is 6.00. The summed E-state index contributed by atoms with van der Waals surface area (Å²) in [7, 11) is 3.12. The molecule has 66 valence electrons. The molecule has 4 heteroatoms. The van der Waals surface area contributed by atoms with Crippen molar-refractivity contribution in [2.45, 2.75) is 6.92 Å². The maximum absolute atomic E-state index is 10.8. The number of amides is 1. The van der Waals surface area contributed by atoms with Gasteiger partial charge in [-0.1, -0.05) is 0 Å². The Morgan fingerprint density at radius 3 is 2.33 bits per heavy atom. The van der Waals surface area contributed by atoms with Gasteiger partial charge in [0.2, 0.25) is 0 Å². The normalized spacial score (nSPS) is 7.92.